The number of anilines is 1. The van der Waals surface area contributed by atoms with Crippen molar-refractivity contribution < 1.29 is 9.18 Å². The molecule has 1 amide bonds. The molecule has 0 bridgehead atoms. The van der Waals surface area contributed by atoms with E-state index in [1.165, 1.54) is 12.5 Å². The lowest BCUT2D eigenvalue weighted by Gasteiger charge is -2.44. The Morgan fingerprint density at radius 1 is 1.00 bits per heavy atom. The summed E-state index contributed by atoms with van der Waals surface area (Å²) in [5.74, 6) is 0.566. The molecule has 0 unspecified atom stereocenters. The number of hydrogen-bond acceptors (Lipinski definition) is 3. The van der Waals surface area contributed by atoms with Crippen molar-refractivity contribution in [1.29, 1.82) is 0 Å². The molecule has 24 heavy (non-hydrogen) atoms. The second-order valence-electron chi connectivity index (χ2n) is 7.33. The Hall–Kier alpha value is -1.62. The first-order valence-electron chi connectivity index (χ1n) is 9.24. The molecule has 130 valence electrons. The van der Waals surface area contributed by atoms with E-state index in [0.29, 0.717) is 23.6 Å². The summed E-state index contributed by atoms with van der Waals surface area (Å²) in [4.78, 5) is 19.1. The van der Waals surface area contributed by atoms with E-state index < -0.39 is 0 Å². The van der Waals surface area contributed by atoms with Crippen LogP contribution in [0.5, 0.6) is 0 Å². The van der Waals surface area contributed by atoms with Crippen molar-refractivity contribution in [2.75, 3.05) is 44.2 Å². The fourth-order valence-corrected chi connectivity index (χ4v) is 4.08. The van der Waals surface area contributed by atoms with Crippen LogP contribution in [0.2, 0.25) is 0 Å². The van der Waals surface area contributed by atoms with Crippen LogP contribution < -0.4 is 4.90 Å². The van der Waals surface area contributed by atoms with Crippen molar-refractivity contribution in [1.82, 2.24) is 9.80 Å². The highest BCUT2D eigenvalue weighted by Crippen LogP contribution is 2.32. The highest BCUT2D eigenvalue weighted by molar-refractivity contribution is 5.81. The van der Waals surface area contributed by atoms with Gasteiger partial charge in [-0.2, -0.15) is 0 Å². The number of carbonyl (C=O) groups is 1. The highest BCUT2D eigenvalue weighted by atomic mass is 19.1. The number of halogens is 1. The van der Waals surface area contributed by atoms with E-state index in [9.17, 15) is 9.18 Å². The van der Waals surface area contributed by atoms with Crippen LogP contribution in [-0.4, -0.2) is 61.0 Å². The molecule has 2 heterocycles. The predicted octanol–water partition coefficient (Wildman–Crippen LogP) is 2.35. The maximum Gasteiger partial charge on any atom is 0.225 e. The largest absolute Gasteiger partial charge is 0.367 e. The van der Waals surface area contributed by atoms with E-state index in [-0.39, 0.29) is 5.82 Å². The second-order valence-corrected chi connectivity index (χ2v) is 7.33. The number of piperidine rings is 1. The van der Waals surface area contributed by atoms with Crippen LogP contribution in [0.4, 0.5) is 10.1 Å². The van der Waals surface area contributed by atoms with Gasteiger partial charge in [-0.3, -0.25) is 9.69 Å². The Bertz CT molecular complexity index is 596. The average Bonchev–Trinajstić information content (AvgIpc) is 3.47. The molecule has 1 aliphatic carbocycles. The summed E-state index contributed by atoms with van der Waals surface area (Å²) in [7, 11) is 0. The van der Waals surface area contributed by atoms with Crippen LogP contribution >= 0.6 is 0 Å². The normalized spacial score (nSPS) is 25.8. The standard InChI is InChI=1S/C19H26FN3O/c20-17-5-1-2-6-18(17)22-12-10-21(11-13-22)16-4-3-9-23(14-16)19(24)15-7-8-15/h1-2,5-6,15-16H,3-4,7-14H2/t16-/m0/s1. The van der Waals surface area contributed by atoms with Gasteiger partial charge in [-0.15, -0.1) is 0 Å². The van der Waals surface area contributed by atoms with Gasteiger partial charge in [0, 0.05) is 51.2 Å². The van der Waals surface area contributed by atoms with Crippen LogP contribution in [0.1, 0.15) is 25.7 Å². The van der Waals surface area contributed by atoms with E-state index in [0.717, 1.165) is 58.5 Å². The molecular weight excluding hydrogens is 305 g/mol. The van der Waals surface area contributed by atoms with E-state index >= 15 is 0 Å². The molecule has 4 nitrogen and oxygen atoms in total. The molecule has 2 saturated heterocycles. The molecule has 2 aliphatic heterocycles. The minimum atomic E-state index is -0.134. The predicted molar refractivity (Wildman–Crippen MR) is 92.5 cm³/mol. The van der Waals surface area contributed by atoms with E-state index in [1.54, 1.807) is 6.07 Å². The van der Waals surface area contributed by atoms with Crippen LogP contribution in [-0.2, 0) is 4.79 Å². The van der Waals surface area contributed by atoms with Crippen LogP contribution in [0.25, 0.3) is 0 Å². The second kappa shape index (κ2) is 6.71. The first kappa shape index (κ1) is 15.9. The molecule has 4 rings (SSSR count). The van der Waals surface area contributed by atoms with Gasteiger partial charge in [0.25, 0.3) is 0 Å². The van der Waals surface area contributed by atoms with Gasteiger partial charge in [0.2, 0.25) is 5.91 Å². The zero-order valence-corrected chi connectivity index (χ0v) is 14.2. The SMILES string of the molecule is O=C(C1CC1)N1CCC[C@H](N2CCN(c3ccccc3F)CC2)C1. The maximum absolute atomic E-state index is 13.9. The summed E-state index contributed by atoms with van der Waals surface area (Å²) in [5, 5.41) is 0. The Balaban J connectivity index is 1.33. The number of benzene rings is 1. The molecule has 1 atom stereocenters. The summed E-state index contributed by atoms with van der Waals surface area (Å²) >= 11 is 0. The van der Waals surface area contributed by atoms with Crippen molar-refractivity contribution in [3.63, 3.8) is 0 Å². The zero-order valence-electron chi connectivity index (χ0n) is 14.2. The molecule has 0 aromatic heterocycles. The summed E-state index contributed by atoms with van der Waals surface area (Å²) in [6.45, 7) is 5.42. The fraction of sp³-hybridized carbons (Fsp3) is 0.632. The van der Waals surface area contributed by atoms with Crippen molar-refractivity contribution in [2.24, 2.45) is 5.92 Å². The zero-order chi connectivity index (χ0) is 16.5. The number of likely N-dealkylation sites (tertiary alicyclic amines) is 1. The Morgan fingerprint density at radius 2 is 1.75 bits per heavy atom. The third-order valence-corrected chi connectivity index (χ3v) is 5.66. The Morgan fingerprint density at radius 3 is 2.46 bits per heavy atom. The first-order valence-corrected chi connectivity index (χ1v) is 9.24. The average molecular weight is 331 g/mol. The first-order chi connectivity index (χ1) is 11.7. The molecule has 1 aromatic rings. The highest BCUT2D eigenvalue weighted by Gasteiger charge is 2.36. The van der Waals surface area contributed by atoms with Gasteiger partial charge in [0.1, 0.15) is 5.82 Å². The topological polar surface area (TPSA) is 26.8 Å². The molecule has 0 N–H and O–H groups in total. The number of para-hydroxylation sites is 1. The third-order valence-electron chi connectivity index (χ3n) is 5.66. The van der Waals surface area contributed by atoms with Crippen LogP contribution in [0, 0.1) is 11.7 Å². The third kappa shape index (κ3) is 3.27. The lowest BCUT2D eigenvalue weighted by molar-refractivity contribution is -0.134. The lowest BCUT2D eigenvalue weighted by atomic mass is 10.0. The number of carbonyl (C=O) groups excluding carboxylic acids is 1. The van der Waals surface area contributed by atoms with Gasteiger partial charge in [-0.1, -0.05) is 12.1 Å². The number of amides is 1. The Labute approximate surface area is 143 Å². The van der Waals surface area contributed by atoms with Gasteiger partial charge >= 0.3 is 0 Å². The molecular formula is C19H26FN3O. The summed E-state index contributed by atoms with van der Waals surface area (Å²) < 4.78 is 13.9. The number of hydrogen-bond donors (Lipinski definition) is 0. The molecule has 3 fully saturated rings. The van der Waals surface area contributed by atoms with Crippen molar-refractivity contribution in [3.8, 4) is 0 Å². The van der Waals surface area contributed by atoms with Gasteiger partial charge in [-0.05, 0) is 37.8 Å². The fourth-order valence-electron chi connectivity index (χ4n) is 4.08. The summed E-state index contributed by atoms with van der Waals surface area (Å²) in [5.41, 5.74) is 0.714. The quantitative estimate of drug-likeness (QED) is 0.851. The number of piperazine rings is 1. The minimum absolute atomic E-state index is 0.134. The number of rotatable bonds is 3. The van der Waals surface area contributed by atoms with Crippen molar-refractivity contribution in [2.45, 2.75) is 31.7 Å². The summed E-state index contributed by atoms with van der Waals surface area (Å²) in [6, 6.07) is 7.51. The lowest BCUT2D eigenvalue weighted by Crippen LogP contribution is -2.56. The smallest absolute Gasteiger partial charge is 0.225 e. The van der Waals surface area contributed by atoms with Gasteiger partial charge in [-0.25, -0.2) is 4.39 Å². The molecule has 3 aliphatic rings. The van der Waals surface area contributed by atoms with Crippen molar-refractivity contribution in [3.05, 3.63) is 30.1 Å². The van der Waals surface area contributed by atoms with Crippen LogP contribution in [0.15, 0.2) is 24.3 Å². The van der Waals surface area contributed by atoms with Gasteiger partial charge in [0.15, 0.2) is 0 Å². The van der Waals surface area contributed by atoms with Crippen LogP contribution in [0.3, 0.4) is 0 Å². The molecule has 1 aromatic carbocycles. The molecule has 0 spiro atoms. The maximum atomic E-state index is 13.9. The van der Waals surface area contributed by atoms with Gasteiger partial charge in [0.05, 0.1) is 5.69 Å². The van der Waals surface area contributed by atoms with E-state index in [4.69, 9.17) is 0 Å². The molecule has 1 saturated carbocycles. The van der Waals surface area contributed by atoms with E-state index in [2.05, 4.69) is 14.7 Å². The summed E-state index contributed by atoms with van der Waals surface area (Å²) in [6.07, 6.45) is 4.45. The Kier molecular flexibility index (Phi) is 4.44. The van der Waals surface area contributed by atoms with Crippen molar-refractivity contribution >= 4 is 11.6 Å². The minimum Gasteiger partial charge on any atom is -0.367 e. The monoisotopic (exact) mass is 331 g/mol. The number of nitrogens with zero attached hydrogens (tertiary/aromatic N) is 3. The molecule has 5 heteroatoms. The van der Waals surface area contributed by atoms with Gasteiger partial charge < -0.3 is 9.80 Å². The van der Waals surface area contributed by atoms with E-state index in [1.807, 2.05) is 12.1 Å². The molecule has 0 radical (unpaired) electrons.